The number of rotatable bonds is 11. The molecule has 0 amide bonds. The number of ketones is 1. The monoisotopic (exact) mass is 672 g/mol. The maximum absolute atomic E-state index is 14.0. The molecule has 1 aliphatic heterocycles. The summed E-state index contributed by atoms with van der Waals surface area (Å²) in [7, 11) is -4.20. The van der Waals surface area contributed by atoms with Gasteiger partial charge in [-0.15, -0.1) is 0 Å². The maximum atomic E-state index is 14.0. The number of hydrogen-bond donors (Lipinski definition) is 1. The molecule has 0 aromatic heterocycles. The van der Waals surface area contributed by atoms with Crippen molar-refractivity contribution in [3.05, 3.63) is 89.4 Å². The van der Waals surface area contributed by atoms with Crippen LogP contribution in [0.1, 0.15) is 69.9 Å². The summed E-state index contributed by atoms with van der Waals surface area (Å²) in [5, 5.41) is 3.39. The zero-order chi connectivity index (χ0) is 33.8. The van der Waals surface area contributed by atoms with Crippen LogP contribution in [0.4, 0.5) is 30.7 Å². The molecule has 0 unspecified atom stereocenters. The molecular formula is C33H35F7N2O3S. The van der Waals surface area contributed by atoms with E-state index in [2.05, 4.69) is 5.32 Å². The van der Waals surface area contributed by atoms with Gasteiger partial charge in [0.25, 0.3) is 0 Å². The van der Waals surface area contributed by atoms with Crippen LogP contribution in [0.25, 0.3) is 0 Å². The van der Waals surface area contributed by atoms with Crippen LogP contribution < -0.4 is 5.32 Å². The molecule has 6 rings (SSSR count). The van der Waals surface area contributed by atoms with Gasteiger partial charge in [-0.1, -0.05) is 37.6 Å². The number of halogens is 7. The average molecular weight is 673 g/mol. The SMILES string of the molecule is CC[C@@H]1CC=C(C23CC(N(Cc4ccc(C(F)(F)F)cc4)S(=O)(=O)c4ccc(F)cc4)(C2)C3)N[C@@]1(C)C(=O)/C=C/CCC(F)(F)F. The first kappa shape index (κ1) is 34.2. The minimum absolute atomic E-state index is 0.118. The van der Waals surface area contributed by atoms with E-state index in [0.29, 0.717) is 37.7 Å². The van der Waals surface area contributed by atoms with E-state index in [4.69, 9.17) is 0 Å². The van der Waals surface area contributed by atoms with Gasteiger partial charge in [0.1, 0.15) is 11.4 Å². The second kappa shape index (κ2) is 11.8. The number of carbonyl (C=O) groups is 1. The fraction of sp³-hybridized carbons (Fsp3) is 0.485. The van der Waals surface area contributed by atoms with Crippen molar-refractivity contribution in [2.45, 2.75) is 93.7 Å². The van der Waals surface area contributed by atoms with E-state index in [9.17, 15) is 43.9 Å². The van der Waals surface area contributed by atoms with Crippen LogP contribution >= 0.6 is 0 Å². The number of benzene rings is 2. The molecule has 46 heavy (non-hydrogen) atoms. The maximum Gasteiger partial charge on any atom is 0.416 e. The molecule has 5 nitrogen and oxygen atoms in total. The highest BCUT2D eigenvalue weighted by Gasteiger charge is 2.74. The molecular weight excluding hydrogens is 637 g/mol. The highest BCUT2D eigenvalue weighted by Crippen LogP contribution is 2.74. The Hall–Kier alpha value is -3.19. The molecule has 2 atom stereocenters. The average Bonchev–Trinajstić information content (AvgIpc) is 2.93. The van der Waals surface area contributed by atoms with Crippen molar-refractivity contribution in [2.75, 3.05) is 0 Å². The third-order valence-corrected chi connectivity index (χ3v) is 11.8. The third kappa shape index (κ3) is 6.36. The van der Waals surface area contributed by atoms with Crippen molar-refractivity contribution in [2.24, 2.45) is 11.3 Å². The molecule has 1 heterocycles. The van der Waals surface area contributed by atoms with Crippen LogP contribution in [0, 0.1) is 17.2 Å². The largest absolute Gasteiger partial charge is 0.416 e. The molecule has 2 aromatic rings. The molecule has 0 spiro atoms. The van der Waals surface area contributed by atoms with Crippen molar-refractivity contribution in [3.8, 4) is 0 Å². The number of carbonyl (C=O) groups excluding carboxylic acids is 1. The van der Waals surface area contributed by atoms with Crippen LogP contribution in [0.2, 0.25) is 0 Å². The van der Waals surface area contributed by atoms with Crippen molar-refractivity contribution >= 4 is 15.8 Å². The van der Waals surface area contributed by atoms with Crippen molar-refractivity contribution in [1.82, 2.24) is 9.62 Å². The fourth-order valence-electron chi connectivity index (χ4n) is 7.22. The summed E-state index contributed by atoms with van der Waals surface area (Å²) in [6, 6.07) is 8.66. The summed E-state index contributed by atoms with van der Waals surface area (Å²) < 4.78 is 120. The summed E-state index contributed by atoms with van der Waals surface area (Å²) in [5.74, 6) is -1.07. The Morgan fingerprint density at radius 3 is 2.15 bits per heavy atom. The quantitative estimate of drug-likeness (QED) is 0.194. The summed E-state index contributed by atoms with van der Waals surface area (Å²) in [6.07, 6.45) is -3.40. The zero-order valence-corrected chi connectivity index (χ0v) is 26.1. The van der Waals surface area contributed by atoms with Gasteiger partial charge in [-0.05, 0) is 93.0 Å². The van der Waals surface area contributed by atoms with Crippen LogP contribution in [0.3, 0.4) is 0 Å². The molecule has 1 N–H and O–H groups in total. The summed E-state index contributed by atoms with van der Waals surface area (Å²) in [4.78, 5) is 13.2. The van der Waals surface area contributed by atoms with Gasteiger partial charge in [0, 0.05) is 29.6 Å². The van der Waals surface area contributed by atoms with Crippen LogP contribution in [0.15, 0.2) is 77.4 Å². The Morgan fingerprint density at radius 1 is 1.00 bits per heavy atom. The van der Waals surface area contributed by atoms with E-state index in [-0.39, 0.29) is 29.6 Å². The van der Waals surface area contributed by atoms with Crippen molar-refractivity contribution < 1.29 is 43.9 Å². The van der Waals surface area contributed by atoms with E-state index in [1.54, 1.807) is 6.92 Å². The lowest BCUT2D eigenvalue weighted by molar-refractivity contribution is -0.176. The standard InChI is InChI=1S/C33H35F7N2O3S/c1-3-23-11-16-27(41-29(23,2)28(43)6-4-5-17-32(35,36)37)30-19-31(20-30,21-30)42(46(44,45)26-14-12-25(34)13-15-26)18-22-7-9-24(10-8-22)33(38,39)40/h4,6-10,12-16,23,41H,3,5,11,17-21H2,1-2H3/b6-4+/t23-,29-,30?,31?/m1/s1. The molecule has 3 fully saturated rings. The fourth-order valence-corrected chi connectivity index (χ4v) is 8.97. The minimum Gasteiger partial charge on any atom is -0.376 e. The van der Waals surface area contributed by atoms with Gasteiger partial charge in [-0.2, -0.15) is 30.6 Å². The predicted molar refractivity (Wildman–Crippen MR) is 157 cm³/mol. The number of hydrogen-bond acceptors (Lipinski definition) is 4. The molecule has 3 saturated carbocycles. The molecule has 4 aliphatic rings. The van der Waals surface area contributed by atoms with Crippen LogP contribution in [0.5, 0.6) is 0 Å². The van der Waals surface area contributed by atoms with Gasteiger partial charge < -0.3 is 5.32 Å². The van der Waals surface area contributed by atoms with Crippen molar-refractivity contribution in [1.29, 1.82) is 0 Å². The Labute approximate surface area is 263 Å². The molecule has 0 saturated heterocycles. The highest BCUT2D eigenvalue weighted by molar-refractivity contribution is 7.89. The van der Waals surface area contributed by atoms with E-state index < -0.39 is 56.7 Å². The Kier molecular flexibility index (Phi) is 8.76. The van der Waals surface area contributed by atoms with E-state index >= 15 is 0 Å². The summed E-state index contributed by atoms with van der Waals surface area (Å²) in [6.45, 7) is 3.47. The van der Waals surface area contributed by atoms with Gasteiger partial charge in [0.2, 0.25) is 10.0 Å². The van der Waals surface area contributed by atoms with Gasteiger partial charge >= 0.3 is 12.4 Å². The first-order valence-corrected chi connectivity index (χ1v) is 16.5. The minimum atomic E-state index is -4.55. The van der Waals surface area contributed by atoms with E-state index in [1.165, 1.54) is 28.6 Å². The predicted octanol–water partition coefficient (Wildman–Crippen LogP) is 8.09. The molecule has 2 bridgehead atoms. The van der Waals surface area contributed by atoms with Crippen LogP contribution in [-0.2, 0) is 27.5 Å². The Bertz CT molecular complexity index is 1610. The Balaban J connectivity index is 1.38. The smallest absolute Gasteiger partial charge is 0.376 e. The summed E-state index contributed by atoms with van der Waals surface area (Å²) >= 11 is 0. The van der Waals surface area contributed by atoms with E-state index in [0.717, 1.165) is 42.1 Å². The van der Waals surface area contributed by atoms with Gasteiger partial charge in [0.05, 0.1) is 10.5 Å². The van der Waals surface area contributed by atoms with Gasteiger partial charge in [-0.3, -0.25) is 4.79 Å². The number of sulfonamides is 1. The first-order valence-electron chi connectivity index (χ1n) is 15.0. The lowest BCUT2D eigenvalue weighted by Crippen LogP contribution is -2.77. The molecule has 2 aromatic carbocycles. The lowest BCUT2D eigenvalue weighted by atomic mass is 9.37. The van der Waals surface area contributed by atoms with Gasteiger partial charge in [-0.25, -0.2) is 12.8 Å². The number of nitrogens with zero attached hydrogens (tertiary/aromatic N) is 1. The highest BCUT2D eigenvalue weighted by atomic mass is 32.2. The number of nitrogens with one attached hydrogen (secondary N) is 1. The number of allylic oxidation sites excluding steroid dienone is 3. The number of alkyl halides is 6. The third-order valence-electron chi connectivity index (χ3n) is 9.80. The molecule has 250 valence electrons. The zero-order valence-electron chi connectivity index (χ0n) is 25.3. The second-order valence-electron chi connectivity index (χ2n) is 12.9. The lowest BCUT2D eigenvalue weighted by Gasteiger charge is -2.74. The normalized spacial score (nSPS) is 28.0. The van der Waals surface area contributed by atoms with E-state index in [1.807, 2.05) is 13.0 Å². The molecule has 13 heteroatoms. The molecule has 3 aliphatic carbocycles. The Morgan fingerprint density at radius 2 is 1.61 bits per heavy atom. The van der Waals surface area contributed by atoms with Crippen LogP contribution in [-0.4, -0.2) is 35.8 Å². The topological polar surface area (TPSA) is 66.5 Å². The van der Waals surface area contributed by atoms with Gasteiger partial charge in [0.15, 0.2) is 5.78 Å². The summed E-state index contributed by atoms with van der Waals surface area (Å²) in [5.41, 5.74) is -2.10. The second-order valence-corrected chi connectivity index (χ2v) is 14.8. The van der Waals surface area contributed by atoms with Crippen molar-refractivity contribution in [3.63, 3.8) is 0 Å². The molecule has 0 radical (unpaired) electrons. The first-order chi connectivity index (χ1) is 21.3.